The summed E-state index contributed by atoms with van der Waals surface area (Å²) >= 11 is 0. The molecule has 0 aliphatic heterocycles. The average Bonchev–Trinajstić information content (AvgIpc) is 3.47. The molecule has 0 fully saturated rings. The van der Waals surface area contributed by atoms with Crippen molar-refractivity contribution in [3.63, 3.8) is 0 Å². The quantitative estimate of drug-likeness (QED) is 0.251. The maximum Gasteiger partial charge on any atom is 0.261 e. The highest BCUT2D eigenvalue weighted by atomic mass is 19.1. The second-order valence-electron chi connectivity index (χ2n) is 10.6. The fourth-order valence-electron chi connectivity index (χ4n) is 4.87. The number of furan rings is 1. The molecule has 0 aliphatic carbocycles. The highest BCUT2D eigenvalue weighted by Crippen LogP contribution is 2.42. The van der Waals surface area contributed by atoms with Gasteiger partial charge < -0.3 is 23.8 Å². The van der Waals surface area contributed by atoms with E-state index in [1.807, 2.05) is 19.9 Å². The molecule has 2 N–H and O–H groups in total. The van der Waals surface area contributed by atoms with Crippen molar-refractivity contribution in [3.8, 4) is 34.1 Å². The summed E-state index contributed by atoms with van der Waals surface area (Å²) in [5, 5.41) is 11.2. The number of halogens is 1. The zero-order chi connectivity index (χ0) is 28.2. The Labute approximate surface area is 225 Å². The number of aryl methyl sites for hydroxylation is 5. The van der Waals surface area contributed by atoms with Gasteiger partial charge in [-0.25, -0.2) is 9.37 Å². The van der Waals surface area contributed by atoms with Crippen LogP contribution in [-0.2, 0) is 19.1 Å². The first-order valence-electron chi connectivity index (χ1n) is 12.9. The molecule has 0 radical (unpaired) electrons. The lowest BCUT2D eigenvalue weighted by molar-refractivity contribution is 0.0786. The van der Waals surface area contributed by atoms with E-state index in [1.54, 1.807) is 59.1 Å². The Morgan fingerprint density at radius 1 is 1.10 bits per heavy atom. The van der Waals surface area contributed by atoms with Gasteiger partial charge in [-0.15, -0.1) is 0 Å². The first kappa shape index (κ1) is 26.4. The number of imidazole rings is 1. The van der Waals surface area contributed by atoms with Crippen LogP contribution in [0.2, 0.25) is 0 Å². The molecule has 202 valence electrons. The lowest BCUT2D eigenvalue weighted by Crippen LogP contribution is -2.17. The third-order valence-electron chi connectivity index (χ3n) is 6.97. The van der Waals surface area contributed by atoms with Crippen molar-refractivity contribution < 1.29 is 18.7 Å². The Morgan fingerprint density at radius 2 is 1.79 bits per heavy atom. The van der Waals surface area contributed by atoms with E-state index in [9.17, 15) is 14.3 Å². The molecule has 7 nitrogen and oxygen atoms in total. The molecule has 2 aromatic carbocycles. The molecule has 0 aliphatic rings. The summed E-state index contributed by atoms with van der Waals surface area (Å²) in [5.74, 6) is 1.98. The van der Waals surface area contributed by atoms with Crippen molar-refractivity contribution >= 4 is 11.0 Å². The third-order valence-corrected chi connectivity index (χ3v) is 6.97. The van der Waals surface area contributed by atoms with Gasteiger partial charge in [0.1, 0.15) is 34.4 Å². The summed E-state index contributed by atoms with van der Waals surface area (Å²) in [5.41, 5.74) is 3.72. The molecule has 39 heavy (non-hydrogen) atoms. The van der Waals surface area contributed by atoms with Crippen molar-refractivity contribution in [2.75, 3.05) is 0 Å². The predicted molar refractivity (Wildman–Crippen MR) is 150 cm³/mol. The van der Waals surface area contributed by atoms with Gasteiger partial charge in [-0.2, -0.15) is 0 Å². The Hall–Kier alpha value is -4.17. The number of aromatic nitrogens is 3. The maximum atomic E-state index is 14.0. The number of benzene rings is 2. The molecule has 0 atom stereocenters. The number of rotatable bonds is 6. The van der Waals surface area contributed by atoms with E-state index in [1.165, 1.54) is 16.7 Å². The number of H-pyrrole nitrogens is 1. The van der Waals surface area contributed by atoms with Crippen molar-refractivity contribution in [3.05, 3.63) is 87.0 Å². The van der Waals surface area contributed by atoms with Crippen molar-refractivity contribution in [2.45, 2.75) is 53.6 Å². The van der Waals surface area contributed by atoms with Crippen molar-refractivity contribution in [1.82, 2.24) is 14.5 Å². The number of nitrogens with one attached hydrogen (secondary N) is 1. The molecule has 5 aromatic rings. The molecule has 0 unspecified atom stereocenters. The predicted octanol–water partition coefficient (Wildman–Crippen LogP) is 6.84. The van der Waals surface area contributed by atoms with Gasteiger partial charge in [-0.1, -0.05) is 13.0 Å². The Bertz CT molecular complexity index is 1760. The average molecular weight is 530 g/mol. The van der Waals surface area contributed by atoms with Crippen LogP contribution in [0.3, 0.4) is 0 Å². The normalized spacial score (nSPS) is 11.9. The number of fused-ring (bicyclic) bond motifs is 1. The SMILES string of the molecule is CCc1nc(-c2cc3c(=O)n(C)cc(-c4cc(C(C)(C)O)ccc4Oc4c(C)cc(F)cc4C)c3o2)c(C)[nH]1. The van der Waals surface area contributed by atoms with Gasteiger partial charge in [0.05, 0.1) is 11.0 Å². The van der Waals surface area contributed by atoms with Crippen molar-refractivity contribution in [2.24, 2.45) is 7.05 Å². The van der Waals surface area contributed by atoms with Crippen molar-refractivity contribution in [1.29, 1.82) is 0 Å². The summed E-state index contributed by atoms with van der Waals surface area (Å²) in [7, 11) is 1.68. The Morgan fingerprint density at radius 3 is 2.41 bits per heavy atom. The van der Waals surface area contributed by atoms with E-state index in [0.717, 1.165) is 17.9 Å². The minimum absolute atomic E-state index is 0.209. The van der Waals surface area contributed by atoms with Gasteiger partial charge in [-0.05, 0) is 81.6 Å². The van der Waals surface area contributed by atoms with Crippen LogP contribution in [0.25, 0.3) is 33.6 Å². The summed E-state index contributed by atoms with van der Waals surface area (Å²) < 4.78 is 28.2. The molecule has 0 spiro atoms. The van der Waals surface area contributed by atoms with Crippen LogP contribution in [0, 0.1) is 26.6 Å². The highest BCUT2D eigenvalue weighted by molar-refractivity contribution is 5.95. The summed E-state index contributed by atoms with van der Waals surface area (Å²) in [4.78, 5) is 21.1. The fraction of sp³-hybridized carbons (Fsp3) is 0.290. The van der Waals surface area contributed by atoms with Crippen LogP contribution in [0.4, 0.5) is 4.39 Å². The van der Waals surface area contributed by atoms with E-state index in [-0.39, 0.29) is 11.4 Å². The van der Waals surface area contributed by atoms with E-state index in [2.05, 4.69) is 9.97 Å². The lowest BCUT2D eigenvalue weighted by atomic mass is 9.93. The zero-order valence-corrected chi connectivity index (χ0v) is 23.2. The minimum atomic E-state index is -1.13. The van der Waals surface area contributed by atoms with Crippen LogP contribution in [0.5, 0.6) is 11.5 Å². The molecule has 8 heteroatoms. The number of ether oxygens (including phenoxy) is 1. The van der Waals surface area contributed by atoms with E-state index in [0.29, 0.717) is 61.7 Å². The molecule has 0 bridgehead atoms. The van der Waals surface area contributed by atoms with Gasteiger partial charge in [-0.3, -0.25) is 4.79 Å². The van der Waals surface area contributed by atoms with Crippen LogP contribution < -0.4 is 10.3 Å². The van der Waals surface area contributed by atoms with E-state index in [4.69, 9.17) is 9.15 Å². The van der Waals surface area contributed by atoms with Gasteiger partial charge in [0, 0.05) is 36.5 Å². The van der Waals surface area contributed by atoms with Crippen LogP contribution in [0.15, 0.2) is 51.8 Å². The number of pyridine rings is 1. The number of hydrogen-bond acceptors (Lipinski definition) is 5. The first-order chi connectivity index (χ1) is 18.4. The monoisotopic (exact) mass is 529 g/mol. The first-order valence-corrected chi connectivity index (χ1v) is 12.9. The number of aromatic amines is 1. The number of aliphatic hydroxyl groups is 1. The summed E-state index contributed by atoms with van der Waals surface area (Å²) in [6.45, 7) is 10.9. The standard InChI is InChI=1S/C31H32FN3O4/c1-8-26-33-18(4)27(34-26)25-14-22-29(39-25)23(15-35(7)30(22)36)21-13-19(31(5,6)37)9-10-24(21)38-28-16(2)11-20(32)12-17(28)3/h9-15,37H,8H2,1-7H3,(H,33,34). The van der Waals surface area contributed by atoms with Gasteiger partial charge in [0.2, 0.25) is 0 Å². The van der Waals surface area contributed by atoms with Crippen LogP contribution >= 0.6 is 0 Å². The molecule has 5 rings (SSSR count). The minimum Gasteiger partial charge on any atom is -0.456 e. The lowest BCUT2D eigenvalue weighted by Gasteiger charge is -2.21. The third kappa shape index (κ3) is 4.76. The molecule has 3 aromatic heterocycles. The van der Waals surface area contributed by atoms with E-state index < -0.39 is 5.60 Å². The molecule has 0 saturated heterocycles. The van der Waals surface area contributed by atoms with Crippen LogP contribution in [-0.4, -0.2) is 19.6 Å². The largest absolute Gasteiger partial charge is 0.456 e. The zero-order valence-electron chi connectivity index (χ0n) is 23.2. The molecular weight excluding hydrogens is 497 g/mol. The topological polar surface area (TPSA) is 93.3 Å². The van der Waals surface area contributed by atoms with Gasteiger partial charge in [0.25, 0.3) is 5.56 Å². The van der Waals surface area contributed by atoms with Crippen LogP contribution in [0.1, 0.15) is 49.0 Å². The summed E-state index contributed by atoms with van der Waals surface area (Å²) in [6.07, 6.45) is 2.44. The molecule has 0 saturated carbocycles. The smallest absolute Gasteiger partial charge is 0.261 e. The van der Waals surface area contributed by atoms with Gasteiger partial charge in [0.15, 0.2) is 5.76 Å². The maximum absolute atomic E-state index is 14.0. The van der Waals surface area contributed by atoms with Gasteiger partial charge >= 0.3 is 0 Å². The fourth-order valence-corrected chi connectivity index (χ4v) is 4.87. The highest BCUT2D eigenvalue weighted by Gasteiger charge is 2.24. The second-order valence-corrected chi connectivity index (χ2v) is 10.6. The number of hydrogen-bond donors (Lipinski definition) is 2. The van der Waals surface area contributed by atoms with E-state index >= 15 is 0 Å². The number of nitrogens with zero attached hydrogens (tertiary/aromatic N) is 2. The second kappa shape index (κ2) is 9.54. The summed E-state index contributed by atoms with van der Waals surface area (Å²) in [6, 6.07) is 9.97. The Kier molecular flexibility index (Phi) is 6.47. The molecular formula is C31H32FN3O4. The molecule has 0 amide bonds. The Balaban J connectivity index is 1.77. The molecule has 3 heterocycles.